The van der Waals surface area contributed by atoms with Crippen molar-refractivity contribution in [2.45, 2.75) is 58.6 Å². The SMILES string of the molecule is CC(c1ccccc1)N1CC2(CCCN(C(=O)OC(C)(C)C)CC2)CO1. The van der Waals surface area contributed by atoms with E-state index in [9.17, 15) is 4.79 Å². The zero-order valence-electron chi connectivity index (χ0n) is 16.5. The molecule has 2 aliphatic heterocycles. The fraction of sp³-hybridized carbons (Fsp3) is 0.667. The van der Waals surface area contributed by atoms with Gasteiger partial charge in [-0.25, -0.2) is 4.79 Å². The quantitative estimate of drug-likeness (QED) is 0.784. The molecular formula is C21H32N2O3. The molecule has 2 atom stereocenters. The summed E-state index contributed by atoms with van der Waals surface area (Å²) in [6.45, 7) is 11.1. The lowest BCUT2D eigenvalue weighted by atomic mass is 9.82. The zero-order chi connectivity index (χ0) is 18.8. The second kappa shape index (κ2) is 7.57. The van der Waals surface area contributed by atoms with Gasteiger partial charge in [0.15, 0.2) is 0 Å². The number of hydroxylamine groups is 2. The van der Waals surface area contributed by atoms with Gasteiger partial charge in [0, 0.05) is 25.0 Å². The Morgan fingerprint density at radius 2 is 1.92 bits per heavy atom. The van der Waals surface area contributed by atoms with Crippen LogP contribution in [0.4, 0.5) is 4.79 Å². The van der Waals surface area contributed by atoms with Crippen LogP contribution in [-0.2, 0) is 9.57 Å². The average molecular weight is 360 g/mol. The van der Waals surface area contributed by atoms with Crippen LogP contribution in [0.3, 0.4) is 0 Å². The number of nitrogens with zero attached hydrogens (tertiary/aromatic N) is 2. The predicted octanol–water partition coefficient (Wildman–Crippen LogP) is 4.40. The molecule has 2 saturated heterocycles. The summed E-state index contributed by atoms with van der Waals surface area (Å²) in [5, 5.41) is 2.12. The maximum atomic E-state index is 12.4. The summed E-state index contributed by atoms with van der Waals surface area (Å²) in [5.74, 6) is 0. The van der Waals surface area contributed by atoms with E-state index in [0.29, 0.717) is 0 Å². The first-order chi connectivity index (χ1) is 12.3. The molecular weight excluding hydrogens is 328 g/mol. The molecule has 0 radical (unpaired) electrons. The van der Waals surface area contributed by atoms with Crippen LogP contribution in [0.15, 0.2) is 30.3 Å². The Balaban J connectivity index is 1.59. The van der Waals surface area contributed by atoms with Gasteiger partial charge in [0.2, 0.25) is 0 Å². The van der Waals surface area contributed by atoms with Crippen molar-refractivity contribution >= 4 is 6.09 Å². The molecule has 2 unspecified atom stereocenters. The molecule has 3 rings (SSSR count). The number of rotatable bonds is 2. The van der Waals surface area contributed by atoms with Gasteiger partial charge < -0.3 is 9.64 Å². The van der Waals surface area contributed by atoms with E-state index >= 15 is 0 Å². The number of likely N-dealkylation sites (tertiary alicyclic amines) is 1. The van der Waals surface area contributed by atoms with Crippen molar-refractivity contribution in [2.75, 3.05) is 26.2 Å². The van der Waals surface area contributed by atoms with Crippen LogP contribution in [0, 0.1) is 5.41 Å². The molecule has 0 aromatic heterocycles. The molecule has 0 N–H and O–H groups in total. The summed E-state index contributed by atoms with van der Waals surface area (Å²) >= 11 is 0. The van der Waals surface area contributed by atoms with Gasteiger partial charge in [-0.1, -0.05) is 30.3 Å². The third kappa shape index (κ3) is 4.57. The van der Waals surface area contributed by atoms with E-state index in [1.807, 2.05) is 31.7 Å². The van der Waals surface area contributed by atoms with Crippen LogP contribution in [0.2, 0.25) is 0 Å². The summed E-state index contributed by atoms with van der Waals surface area (Å²) in [6.07, 6.45) is 2.85. The molecule has 0 saturated carbocycles. The summed E-state index contributed by atoms with van der Waals surface area (Å²) in [7, 11) is 0. The average Bonchev–Trinajstić information content (AvgIpc) is 2.88. The summed E-state index contributed by atoms with van der Waals surface area (Å²) < 4.78 is 5.55. The van der Waals surface area contributed by atoms with Crippen LogP contribution < -0.4 is 0 Å². The molecule has 2 heterocycles. The second-order valence-corrected chi connectivity index (χ2v) is 8.76. The number of ether oxygens (including phenoxy) is 1. The first-order valence-electron chi connectivity index (χ1n) is 9.71. The highest BCUT2D eigenvalue weighted by Crippen LogP contribution is 2.40. The lowest BCUT2D eigenvalue weighted by Gasteiger charge is -2.28. The number of hydrogen-bond acceptors (Lipinski definition) is 4. The molecule has 0 aliphatic carbocycles. The first kappa shape index (κ1) is 19.2. The van der Waals surface area contributed by atoms with Gasteiger partial charge in [0.05, 0.1) is 12.6 Å². The highest BCUT2D eigenvalue weighted by Gasteiger charge is 2.43. The molecule has 1 amide bonds. The van der Waals surface area contributed by atoms with E-state index in [2.05, 4.69) is 36.3 Å². The molecule has 144 valence electrons. The lowest BCUT2D eigenvalue weighted by Crippen LogP contribution is -2.38. The standard InChI is InChI=1S/C21H32N2O3/c1-17(18-9-6-5-7-10-18)23-15-21(16-25-23)11-8-13-22(14-12-21)19(24)26-20(2,3)4/h5-7,9-10,17H,8,11-16H2,1-4H3. The maximum absolute atomic E-state index is 12.4. The van der Waals surface area contributed by atoms with Crippen molar-refractivity contribution in [1.29, 1.82) is 0 Å². The second-order valence-electron chi connectivity index (χ2n) is 8.76. The highest BCUT2D eigenvalue weighted by molar-refractivity contribution is 5.68. The molecule has 26 heavy (non-hydrogen) atoms. The minimum absolute atomic E-state index is 0.139. The molecule has 1 spiro atoms. The first-order valence-corrected chi connectivity index (χ1v) is 9.71. The molecule has 5 nitrogen and oxygen atoms in total. The third-order valence-electron chi connectivity index (χ3n) is 5.44. The van der Waals surface area contributed by atoms with Gasteiger partial charge in [-0.15, -0.1) is 0 Å². The molecule has 0 bridgehead atoms. The van der Waals surface area contributed by atoms with Crippen molar-refractivity contribution < 1.29 is 14.4 Å². The van der Waals surface area contributed by atoms with E-state index in [0.717, 1.165) is 45.5 Å². The molecule has 2 aliphatic rings. The molecule has 1 aromatic rings. The Morgan fingerprint density at radius 1 is 1.19 bits per heavy atom. The highest BCUT2D eigenvalue weighted by atomic mass is 16.7. The van der Waals surface area contributed by atoms with E-state index in [4.69, 9.17) is 9.57 Å². The maximum Gasteiger partial charge on any atom is 0.410 e. The van der Waals surface area contributed by atoms with E-state index in [1.54, 1.807) is 0 Å². The van der Waals surface area contributed by atoms with Gasteiger partial charge in [-0.2, -0.15) is 5.06 Å². The predicted molar refractivity (Wildman–Crippen MR) is 102 cm³/mol. The fourth-order valence-corrected chi connectivity index (χ4v) is 3.85. The smallest absolute Gasteiger partial charge is 0.410 e. The van der Waals surface area contributed by atoms with Gasteiger partial charge in [0.1, 0.15) is 5.60 Å². The fourth-order valence-electron chi connectivity index (χ4n) is 3.85. The normalized spacial score (nSPS) is 25.9. The van der Waals surface area contributed by atoms with E-state index in [1.165, 1.54) is 5.56 Å². The Kier molecular flexibility index (Phi) is 5.58. The van der Waals surface area contributed by atoms with Crippen molar-refractivity contribution in [3.63, 3.8) is 0 Å². The van der Waals surface area contributed by atoms with Crippen LogP contribution in [0.1, 0.15) is 58.6 Å². The van der Waals surface area contributed by atoms with Gasteiger partial charge >= 0.3 is 6.09 Å². The number of hydrogen-bond donors (Lipinski definition) is 0. The van der Waals surface area contributed by atoms with Crippen molar-refractivity contribution in [3.8, 4) is 0 Å². The van der Waals surface area contributed by atoms with E-state index < -0.39 is 5.60 Å². The number of carbonyl (C=O) groups is 1. The molecule has 2 fully saturated rings. The summed E-state index contributed by atoms with van der Waals surface area (Å²) in [4.78, 5) is 20.3. The number of benzene rings is 1. The minimum Gasteiger partial charge on any atom is -0.444 e. The largest absolute Gasteiger partial charge is 0.444 e. The van der Waals surface area contributed by atoms with Gasteiger partial charge in [0.25, 0.3) is 0 Å². The Morgan fingerprint density at radius 3 is 2.62 bits per heavy atom. The minimum atomic E-state index is -0.445. The van der Waals surface area contributed by atoms with Crippen molar-refractivity contribution in [1.82, 2.24) is 9.96 Å². The Bertz CT molecular complexity index is 613. The summed E-state index contributed by atoms with van der Waals surface area (Å²) in [6, 6.07) is 10.7. The molecule has 1 aromatic carbocycles. The van der Waals surface area contributed by atoms with Crippen molar-refractivity contribution in [3.05, 3.63) is 35.9 Å². The van der Waals surface area contributed by atoms with Crippen LogP contribution in [0.5, 0.6) is 0 Å². The topological polar surface area (TPSA) is 42.0 Å². The van der Waals surface area contributed by atoms with Crippen molar-refractivity contribution in [2.24, 2.45) is 5.41 Å². The third-order valence-corrected chi connectivity index (χ3v) is 5.44. The van der Waals surface area contributed by atoms with Gasteiger partial charge in [-0.05, 0) is 52.5 Å². The van der Waals surface area contributed by atoms with Crippen LogP contribution in [0.25, 0.3) is 0 Å². The van der Waals surface area contributed by atoms with E-state index in [-0.39, 0.29) is 17.6 Å². The summed E-state index contributed by atoms with van der Waals surface area (Å²) in [5.41, 5.74) is 0.966. The van der Waals surface area contributed by atoms with Crippen LogP contribution in [-0.4, -0.2) is 47.9 Å². The monoisotopic (exact) mass is 360 g/mol. The van der Waals surface area contributed by atoms with Gasteiger partial charge in [-0.3, -0.25) is 4.84 Å². The number of amides is 1. The lowest BCUT2D eigenvalue weighted by molar-refractivity contribution is -0.138. The molecule has 5 heteroatoms. The Hall–Kier alpha value is -1.59. The number of carbonyl (C=O) groups excluding carboxylic acids is 1. The zero-order valence-corrected chi connectivity index (χ0v) is 16.5. The van der Waals surface area contributed by atoms with Crippen LogP contribution >= 0.6 is 0 Å². The Labute approximate surface area is 157 Å².